The summed E-state index contributed by atoms with van der Waals surface area (Å²) in [6.07, 6.45) is -7.78. The summed E-state index contributed by atoms with van der Waals surface area (Å²) in [6, 6.07) is 3.60. The number of alkyl halides is 6. The highest BCUT2D eigenvalue weighted by atomic mass is 19.4. The largest absolute Gasteiger partial charge is 0.433 e. The molecule has 3 rings (SSSR count). The van der Waals surface area contributed by atoms with Gasteiger partial charge in [0.25, 0.3) is 0 Å². The van der Waals surface area contributed by atoms with E-state index in [1.165, 1.54) is 6.07 Å². The lowest BCUT2D eigenvalue weighted by Gasteiger charge is -2.30. The van der Waals surface area contributed by atoms with Crippen molar-refractivity contribution in [3.63, 3.8) is 0 Å². The minimum Gasteiger partial charge on any atom is -0.387 e. The molecular weight excluding hydrogens is 446 g/mol. The number of para-hydroxylation sites is 1. The Morgan fingerprint density at radius 1 is 1.09 bits per heavy atom. The number of aliphatic hydroxyl groups excluding tert-OH is 1. The number of nitrogens with zero attached hydrogens (tertiary/aromatic N) is 2. The number of benzene rings is 1. The first-order valence-corrected chi connectivity index (χ1v) is 10.9. The molecule has 1 aliphatic heterocycles. The number of halogens is 6. The van der Waals surface area contributed by atoms with Gasteiger partial charge in [0.1, 0.15) is 5.69 Å². The molecule has 1 unspecified atom stereocenters. The predicted octanol–water partition coefficient (Wildman–Crippen LogP) is 6.21. The van der Waals surface area contributed by atoms with Crippen LogP contribution in [0.1, 0.15) is 62.0 Å². The molecule has 0 saturated carbocycles. The zero-order valence-corrected chi connectivity index (χ0v) is 18.2. The highest BCUT2D eigenvalue weighted by molar-refractivity contribution is 5.86. The lowest BCUT2D eigenvalue weighted by molar-refractivity contribution is -0.142. The fourth-order valence-corrected chi connectivity index (χ4v) is 4.16. The summed E-state index contributed by atoms with van der Waals surface area (Å²) in [5.74, 6) is 6.30. The molecule has 0 radical (unpaired) electrons. The van der Waals surface area contributed by atoms with Gasteiger partial charge in [0, 0.05) is 18.2 Å². The molecule has 33 heavy (non-hydrogen) atoms. The average molecular weight is 472 g/mol. The third-order valence-electron chi connectivity index (χ3n) is 6.08. The summed E-state index contributed by atoms with van der Waals surface area (Å²) in [7, 11) is 0. The zero-order chi connectivity index (χ0) is 24.2. The van der Waals surface area contributed by atoms with Gasteiger partial charge in [-0.2, -0.15) is 26.3 Å². The van der Waals surface area contributed by atoms with Gasteiger partial charge >= 0.3 is 12.4 Å². The summed E-state index contributed by atoms with van der Waals surface area (Å²) < 4.78 is 80.0. The number of hydrogen-bond donors (Lipinski definition) is 1. The van der Waals surface area contributed by atoms with E-state index in [-0.39, 0.29) is 17.4 Å². The second-order valence-corrected chi connectivity index (χ2v) is 8.28. The molecule has 0 aliphatic carbocycles. The second-order valence-electron chi connectivity index (χ2n) is 8.28. The van der Waals surface area contributed by atoms with E-state index in [1.807, 2.05) is 0 Å². The summed E-state index contributed by atoms with van der Waals surface area (Å²) in [6.45, 7) is 5.28. The first kappa shape index (κ1) is 25.3. The van der Waals surface area contributed by atoms with E-state index >= 15 is 0 Å². The SMILES string of the molecule is CCN1CCC(CCC#CCC(O)c2cc(C(F)(F)F)nc3c(C(F)(F)F)cccc23)CC1. The van der Waals surface area contributed by atoms with Crippen molar-refractivity contribution in [2.45, 2.75) is 57.5 Å². The van der Waals surface area contributed by atoms with Crippen LogP contribution in [0, 0.1) is 17.8 Å². The van der Waals surface area contributed by atoms with E-state index in [4.69, 9.17) is 0 Å². The molecular formula is C24H26F6N2O. The number of rotatable bonds is 5. The van der Waals surface area contributed by atoms with Crippen molar-refractivity contribution in [1.29, 1.82) is 0 Å². The van der Waals surface area contributed by atoms with E-state index < -0.39 is 35.2 Å². The highest BCUT2D eigenvalue weighted by Crippen LogP contribution is 2.39. The maximum absolute atomic E-state index is 13.4. The Labute approximate surface area is 188 Å². The Morgan fingerprint density at radius 2 is 1.79 bits per heavy atom. The van der Waals surface area contributed by atoms with Gasteiger partial charge in [0.05, 0.1) is 17.2 Å². The van der Waals surface area contributed by atoms with Crippen LogP contribution >= 0.6 is 0 Å². The third kappa shape index (κ3) is 6.39. The van der Waals surface area contributed by atoms with E-state index in [0.717, 1.165) is 45.0 Å². The fourth-order valence-electron chi connectivity index (χ4n) is 4.16. The van der Waals surface area contributed by atoms with E-state index in [2.05, 4.69) is 28.6 Å². The quantitative estimate of drug-likeness (QED) is 0.415. The van der Waals surface area contributed by atoms with Crippen LogP contribution in [0.25, 0.3) is 10.9 Å². The van der Waals surface area contributed by atoms with Crippen molar-refractivity contribution in [3.8, 4) is 11.8 Å². The molecule has 1 aliphatic rings. The normalized spacial score (nSPS) is 17.1. The predicted molar refractivity (Wildman–Crippen MR) is 113 cm³/mol. The van der Waals surface area contributed by atoms with Crippen molar-refractivity contribution in [2.24, 2.45) is 5.92 Å². The fraction of sp³-hybridized carbons (Fsp3) is 0.542. The third-order valence-corrected chi connectivity index (χ3v) is 6.08. The molecule has 0 bridgehead atoms. The van der Waals surface area contributed by atoms with Gasteiger partial charge in [-0.3, -0.25) is 0 Å². The lowest BCUT2D eigenvalue weighted by Crippen LogP contribution is -2.33. The van der Waals surface area contributed by atoms with Crippen LogP contribution in [-0.4, -0.2) is 34.6 Å². The number of aromatic nitrogens is 1. The number of fused-ring (bicyclic) bond motifs is 1. The first-order chi connectivity index (χ1) is 15.5. The maximum Gasteiger partial charge on any atom is 0.433 e. The van der Waals surface area contributed by atoms with Crippen molar-refractivity contribution in [2.75, 3.05) is 19.6 Å². The average Bonchev–Trinajstić information content (AvgIpc) is 2.76. The second kappa shape index (κ2) is 10.3. The van der Waals surface area contributed by atoms with Gasteiger partial charge in [0.2, 0.25) is 0 Å². The van der Waals surface area contributed by atoms with Crippen LogP contribution < -0.4 is 0 Å². The maximum atomic E-state index is 13.4. The molecule has 9 heteroatoms. The molecule has 180 valence electrons. The number of aliphatic hydroxyl groups is 1. The number of piperidine rings is 1. The van der Waals surface area contributed by atoms with Crippen LogP contribution in [0.3, 0.4) is 0 Å². The minimum atomic E-state index is -4.96. The number of hydrogen-bond acceptors (Lipinski definition) is 3. The molecule has 1 fully saturated rings. The van der Waals surface area contributed by atoms with Crippen molar-refractivity contribution >= 4 is 10.9 Å². The monoisotopic (exact) mass is 472 g/mol. The molecule has 0 spiro atoms. The Bertz CT molecular complexity index is 1010. The molecule has 2 aromatic rings. The zero-order valence-electron chi connectivity index (χ0n) is 18.2. The van der Waals surface area contributed by atoms with Gasteiger partial charge in [-0.25, -0.2) is 4.98 Å². The van der Waals surface area contributed by atoms with Crippen molar-refractivity contribution in [3.05, 3.63) is 41.1 Å². The molecule has 0 amide bonds. The number of likely N-dealkylation sites (tertiary alicyclic amines) is 1. The Kier molecular flexibility index (Phi) is 7.91. The highest BCUT2D eigenvalue weighted by Gasteiger charge is 2.37. The Hall–Kier alpha value is -2.31. The molecule has 1 saturated heterocycles. The minimum absolute atomic E-state index is 0.171. The summed E-state index contributed by atoms with van der Waals surface area (Å²) in [5, 5.41) is 10.4. The summed E-state index contributed by atoms with van der Waals surface area (Å²) in [5.41, 5.74) is -3.85. The topological polar surface area (TPSA) is 36.4 Å². The van der Waals surface area contributed by atoms with Gasteiger partial charge in [-0.15, -0.1) is 11.8 Å². The molecule has 1 N–H and O–H groups in total. The molecule has 1 atom stereocenters. The standard InChI is InChI=1S/C24H26F6N2O/c1-2-32-13-11-16(12-14-32)7-4-3-5-10-20(33)18-15-21(24(28,29)30)31-22-17(18)8-6-9-19(22)23(25,26)27/h6,8-9,15-16,20,33H,2,4,7,10-14H2,1H3. The Morgan fingerprint density at radius 3 is 2.39 bits per heavy atom. The van der Waals surface area contributed by atoms with Gasteiger partial charge in [0.15, 0.2) is 0 Å². The molecule has 2 heterocycles. The molecule has 3 nitrogen and oxygen atoms in total. The number of pyridine rings is 1. The van der Waals surface area contributed by atoms with Gasteiger partial charge < -0.3 is 10.0 Å². The molecule has 1 aromatic heterocycles. The van der Waals surface area contributed by atoms with Gasteiger partial charge in [-0.05, 0) is 62.5 Å². The Balaban J connectivity index is 1.77. The van der Waals surface area contributed by atoms with Crippen molar-refractivity contribution < 1.29 is 31.4 Å². The smallest absolute Gasteiger partial charge is 0.387 e. The summed E-state index contributed by atoms with van der Waals surface area (Å²) >= 11 is 0. The van der Waals surface area contributed by atoms with Crippen LogP contribution in [0.2, 0.25) is 0 Å². The van der Waals surface area contributed by atoms with Crippen LogP contribution in [0.15, 0.2) is 24.3 Å². The van der Waals surface area contributed by atoms with Crippen LogP contribution in [0.5, 0.6) is 0 Å². The van der Waals surface area contributed by atoms with Crippen LogP contribution in [-0.2, 0) is 12.4 Å². The van der Waals surface area contributed by atoms with E-state index in [0.29, 0.717) is 24.5 Å². The summed E-state index contributed by atoms with van der Waals surface area (Å²) in [4.78, 5) is 5.62. The first-order valence-electron chi connectivity index (χ1n) is 10.9. The van der Waals surface area contributed by atoms with E-state index in [9.17, 15) is 31.4 Å². The van der Waals surface area contributed by atoms with Crippen LogP contribution in [0.4, 0.5) is 26.3 Å². The molecule has 1 aromatic carbocycles. The van der Waals surface area contributed by atoms with Crippen molar-refractivity contribution in [1.82, 2.24) is 9.88 Å². The lowest BCUT2D eigenvalue weighted by atomic mass is 9.92. The van der Waals surface area contributed by atoms with E-state index in [1.54, 1.807) is 0 Å². The van der Waals surface area contributed by atoms with Gasteiger partial charge in [-0.1, -0.05) is 19.1 Å².